The molecule has 1 aliphatic carbocycles. The minimum absolute atomic E-state index is 0.00697. The summed E-state index contributed by atoms with van der Waals surface area (Å²) in [5.74, 6) is 0. The first-order valence-corrected chi connectivity index (χ1v) is 4.78. The van der Waals surface area contributed by atoms with Crippen LogP contribution in [0, 0.1) is 0 Å². The third-order valence-corrected chi connectivity index (χ3v) is 3.07. The average Bonchev–Trinajstić information content (AvgIpc) is 1.90. The largest absolute Gasteiger partial charge is 0.393 e. The fraction of sp³-hybridized carbons (Fsp3) is 1.00. The predicted molar refractivity (Wildman–Crippen MR) is 44.5 cm³/mol. The van der Waals surface area contributed by atoms with Crippen molar-refractivity contribution in [2.45, 2.75) is 44.2 Å². The van der Waals surface area contributed by atoms with E-state index in [0.29, 0.717) is 0 Å². The van der Waals surface area contributed by atoms with Crippen molar-refractivity contribution in [3.63, 3.8) is 0 Å². The average molecular weight is 155 g/mol. The van der Waals surface area contributed by atoms with Gasteiger partial charge in [-0.25, -0.2) is 0 Å². The van der Waals surface area contributed by atoms with E-state index in [-0.39, 0.29) is 6.10 Å². The molecule has 0 amide bonds. The maximum absolute atomic E-state index is 9.28. The van der Waals surface area contributed by atoms with Crippen LogP contribution < -0.4 is 0 Å². The highest BCUT2D eigenvalue weighted by molar-refractivity contribution is 4.83. The molecule has 0 bridgehead atoms. The Morgan fingerprint density at radius 3 is 2.09 bits per heavy atom. The summed E-state index contributed by atoms with van der Waals surface area (Å²) in [5.41, 5.74) is 0. The van der Waals surface area contributed by atoms with Gasteiger partial charge >= 0.3 is 0 Å². The van der Waals surface area contributed by atoms with E-state index in [4.69, 9.17) is 0 Å². The van der Waals surface area contributed by atoms with E-state index in [9.17, 15) is 5.11 Å². The topological polar surface area (TPSA) is 23.5 Å². The number of hydrogen-bond donors (Lipinski definition) is 1. The first-order chi connectivity index (χ1) is 5.36. The standard InChI is InChI=1S/C9H17NO/c11-9-4-2-8(3-5-9)10-6-1-7-10/h8-9,11H,1-7H2. The number of rotatable bonds is 1. The van der Waals surface area contributed by atoms with Crippen molar-refractivity contribution in [2.24, 2.45) is 0 Å². The summed E-state index contributed by atoms with van der Waals surface area (Å²) in [6, 6.07) is 0.812. The van der Waals surface area contributed by atoms with Gasteiger partial charge in [0.15, 0.2) is 0 Å². The van der Waals surface area contributed by atoms with Crippen molar-refractivity contribution in [1.29, 1.82) is 0 Å². The molecule has 1 N–H and O–H groups in total. The molecular formula is C9H17NO. The van der Waals surface area contributed by atoms with Gasteiger partial charge in [0.1, 0.15) is 0 Å². The van der Waals surface area contributed by atoms with Crippen LogP contribution in [-0.4, -0.2) is 35.2 Å². The molecule has 0 unspecified atom stereocenters. The molecule has 11 heavy (non-hydrogen) atoms. The van der Waals surface area contributed by atoms with Crippen LogP contribution in [-0.2, 0) is 0 Å². The normalized spacial score (nSPS) is 40.1. The van der Waals surface area contributed by atoms with E-state index < -0.39 is 0 Å². The molecule has 64 valence electrons. The van der Waals surface area contributed by atoms with Crippen molar-refractivity contribution in [3.8, 4) is 0 Å². The lowest BCUT2D eigenvalue weighted by atomic mass is 9.90. The SMILES string of the molecule is OC1CCC(N2CCC2)CC1. The van der Waals surface area contributed by atoms with Crippen molar-refractivity contribution >= 4 is 0 Å². The van der Waals surface area contributed by atoms with Gasteiger partial charge in [0, 0.05) is 6.04 Å². The lowest BCUT2D eigenvalue weighted by Gasteiger charge is -2.41. The molecule has 2 aliphatic rings. The van der Waals surface area contributed by atoms with Crippen LogP contribution >= 0.6 is 0 Å². The minimum Gasteiger partial charge on any atom is -0.393 e. The monoisotopic (exact) mass is 155 g/mol. The first kappa shape index (κ1) is 7.56. The molecule has 2 fully saturated rings. The molecule has 1 saturated carbocycles. The van der Waals surface area contributed by atoms with E-state index >= 15 is 0 Å². The highest BCUT2D eigenvalue weighted by Crippen LogP contribution is 2.25. The summed E-state index contributed by atoms with van der Waals surface area (Å²) >= 11 is 0. The Balaban J connectivity index is 1.77. The summed E-state index contributed by atoms with van der Waals surface area (Å²) in [6.45, 7) is 2.61. The summed E-state index contributed by atoms with van der Waals surface area (Å²) in [4.78, 5) is 2.56. The Bertz CT molecular complexity index is 126. The van der Waals surface area contributed by atoms with Gasteiger partial charge in [-0.1, -0.05) is 0 Å². The smallest absolute Gasteiger partial charge is 0.0541 e. The summed E-state index contributed by atoms with van der Waals surface area (Å²) in [5, 5.41) is 9.28. The van der Waals surface area contributed by atoms with Crippen LogP contribution in [0.2, 0.25) is 0 Å². The first-order valence-electron chi connectivity index (χ1n) is 4.78. The molecule has 1 heterocycles. The fourth-order valence-corrected chi connectivity index (χ4v) is 2.13. The van der Waals surface area contributed by atoms with E-state index in [1.165, 1.54) is 32.4 Å². The Morgan fingerprint density at radius 1 is 1.00 bits per heavy atom. The molecule has 0 aromatic rings. The molecule has 2 heteroatoms. The zero-order valence-electron chi connectivity index (χ0n) is 7.00. The van der Waals surface area contributed by atoms with Crippen molar-refractivity contribution < 1.29 is 5.11 Å². The maximum atomic E-state index is 9.28. The van der Waals surface area contributed by atoms with Crippen LogP contribution in [0.4, 0.5) is 0 Å². The second-order valence-corrected chi connectivity index (χ2v) is 3.85. The van der Waals surface area contributed by atoms with Crippen LogP contribution in [0.25, 0.3) is 0 Å². The van der Waals surface area contributed by atoms with Gasteiger partial charge in [0.25, 0.3) is 0 Å². The lowest BCUT2D eigenvalue weighted by Crippen LogP contribution is -2.47. The van der Waals surface area contributed by atoms with Gasteiger partial charge in [0.05, 0.1) is 6.10 Å². The van der Waals surface area contributed by atoms with E-state index in [0.717, 1.165) is 18.9 Å². The van der Waals surface area contributed by atoms with Crippen molar-refractivity contribution in [1.82, 2.24) is 4.90 Å². The fourth-order valence-electron chi connectivity index (χ4n) is 2.13. The number of nitrogens with zero attached hydrogens (tertiary/aromatic N) is 1. The Hall–Kier alpha value is -0.0800. The quantitative estimate of drug-likeness (QED) is 0.610. The summed E-state index contributed by atoms with van der Waals surface area (Å²) in [7, 11) is 0. The number of aliphatic hydroxyl groups is 1. The second kappa shape index (κ2) is 3.11. The molecule has 1 aliphatic heterocycles. The number of aliphatic hydroxyl groups excluding tert-OH is 1. The van der Waals surface area contributed by atoms with Crippen LogP contribution in [0.15, 0.2) is 0 Å². The van der Waals surface area contributed by atoms with Gasteiger partial charge < -0.3 is 10.0 Å². The van der Waals surface area contributed by atoms with E-state index in [1.54, 1.807) is 0 Å². The zero-order chi connectivity index (χ0) is 7.68. The van der Waals surface area contributed by atoms with Gasteiger partial charge in [-0.15, -0.1) is 0 Å². The molecule has 0 spiro atoms. The van der Waals surface area contributed by atoms with Crippen LogP contribution in [0.1, 0.15) is 32.1 Å². The Kier molecular flexibility index (Phi) is 2.14. The Labute approximate surface area is 68.2 Å². The summed E-state index contributed by atoms with van der Waals surface area (Å²) < 4.78 is 0. The van der Waals surface area contributed by atoms with Crippen LogP contribution in [0.3, 0.4) is 0 Å². The second-order valence-electron chi connectivity index (χ2n) is 3.85. The maximum Gasteiger partial charge on any atom is 0.0541 e. The van der Waals surface area contributed by atoms with Gasteiger partial charge in [0.2, 0.25) is 0 Å². The third-order valence-electron chi connectivity index (χ3n) is 3.07. The van der Waals surface area contributed by atoms with Gasteiger partial charge in [-0.05, 0) is 45.2 Å². The van der Waals surface area contributed by atoms with Crippen LogP contribution in [0.5, 0.6) is 0 Å². The zero-order valence-corrected chi connectivity index (χ0v) is 7.00. The molecule has 2 rings (SSSR count). The van der Waals surface area contributed by atoms with Gasteiger partial charge in [-0.2, -0.15) is 0 Å². The Morgan fingerprint density at radius 2 is 1.64 bits per heavy atom. The van der Waals surface area contributed by atoms with Crippen molar-refractivity contribution in [2.75, 3.05) is 13.1 Å². The number of hydrogen-bond acceptors (Lipinski definition) is 2. The predicted octanol–water partition coefficient (Wildman–Crippen LogP) is 0.996. The van der Waals surface area contributed by atoms with E-state index in [2.05, 4.69) is 4.90 Å². The molecule has 0 aromatic carbocycles. The molecule has 1 saturated heterocycles. The minimum atomic E-state index is 0.00697. The third kappa shape index (κ3) is 1.57. The lowest BCUT2D eigenvalue weighted by molar-refractivity contribution is 0.0447. The highest BCUT2D eigenvalue weighted by atomic mass is 16.3. The number of likely N-dealkylation sites (tertiary alicyclic amines) is 1. The highest BCUT2D eigenvalue weighted by Gasteiger charge is 2.27. The molecular weight excluding hydrogens is 138 g/mol. The van der Waals surface area contributed by atoms with Crippen molar-refractivity contribution in [3.05, 3.63) is 0 Å². The summed E-state index contributed by atoms with van der Waals surface area (Å²) in [6.07, 6.45) is 5.90. The molecule has 0 radical (unpaired) electrons. The van der Waals surface area contributed by atoms with Gasteiger partial charge in [-0.3, -0.25) is 0 Å². The molecule has 0 atom stereocenters. The molecule has 0 aromatic heterocycles. The molecule has 2 nitrogen and oxygen atoms in total. The van der Waals surface area contributed by atoms with E-state index in [1.807, 2.05) is 0 Å².